The fourth-order valence-corrected chi connectivity index (χ4v) is 7.33. The molecule has 0 amide bonds. The SMILES string of the molecule is [C-]#[N+]c1cc(-n2c3ccccc3c3ccccc32)c(-c2ccccc2-c2cccc(-n3c4ccccc4c4ccccc43)c2)cc1C#N. The Hall–Kier alpha value is -6.88. The Morgan fingerprint density at radius 3 is 1.52 bits per heavy atom. The van der Waals surface area contributed by atoms with Gasteiger partial charge in [0, 0.05) is 38.5 Å². The summed E-state index contributed by atoms with van der Waals surface area (Å²) in [6, 6.07) is 56.9. The molecular formula is C44H26N4. The number of hydrogen-bond acceptors (Lipinski definition) is 1. The van der Waals surface area contributed by atoms with Crippen LogP contribution < -0.4 is 0 Å². The average molecular weight is 611 g/mol. The van der Waals surface area contributed by atoms with Crippen molar-refractivity contribution in [1.29, 1.82) is 5.26 Å². The van der Waals surface area contributed by atoms with Crippen LogP contribution in [0.25, 0.3) is 82.1 Å². The molecule has 0 aliphatic rings. The van der Waals surface area contributed by atoms with E-state index in [1.54, 1.807) is 0 Å². The molecule has 7 aromatic carbocycles. The summed E-state index contributed by atoms with van der Waals surface area (Å²) >= 11 is 0. The van der Waals surface area contributed by atoms with Gasteiger partial charge in [-0.15, -0.1) is 0 Å². The third kappa shape index (κ3) is 4.07. The Bertz CT molecular complexity index is 2710. The van der Waals surface area contributed by atoms with Crippen LogP contribution in [0.2, 0.25) is 0 Å². The Morgan fingerprint density at radius 2 is 0.979 bits per heavy atom. The third-order valence-corrected chi connectivity index (χ3v) is 9.39. The Balaban J connectivity index is 1.31. The molecule has 9 aromatic rings. The van der Waals surface area contributed by atoms with E-state index in [0.717, 1.165) is 66.5 Å². The highest BCUT2D eigenvalue weighted by molar-refractivity contribution is 6.11. The molecule has 2 heterocycles. The molecule has 9 rings (SSSR count). The molecule has 222 valence electrons. The highest BCUT2D eigenvalue weighted by Crippen LogP contribution is 2.43. The van der Waals surface area contributed by atoms with Gasteiger partial charge in [-0.25, -0.2) is 4.85 Å². The molecule has 0 N–H and O–H groups in total. The summed E-state index contributed by atoms with van der Waals surface area (Å²) in [5, 5.41) is 14.9. The number of rotatable bonds is 4. The molecule has 0 saturated heterocycles. The number of nitrogens with zero attached hydrogens (tertiary/aromatic N) is 4. The molecule has 0 bridgehead atoms. The fourth-order valence-electron chi connectivity index (χ4n) is 7.33. The Morgan fingerprint density at radius 1 is 0.479 bits per heavy atom. The van der Waals surface area contributed by atoms with Crippen molar-refractivity contribution in [2.45, 2.75) is 0 Å². The second-order valence-electron chi connectivity index (χ2n) is 11.9. The molecule has 0 spiro atoms. The zero-order valence-electron chi connectivity index (χ0n) is 25.8. The van der Waals surface area contributed by atoms with E-state index in [1.807, 2.05) is 30.3 Å². The molecule has 0 saturated carbocycles. The van der Waals surface area contributed by atoms with Gasteiger partial charge in [0.2, 0.25) is 5.69 Å². The predicted molar refractivity (Wildman–Crippen MR) is 197 cm³/mol. The maximum atomic E-state index is 10.2. The lowest BCUT2D eigenvalue weighted by molar-refractivity contribution is 1.18. The minimum atomic E-state index is 0.337. The topological polar surface area (TPSA) is 38.0 Å². The van der Waals surface area contributed by atoms with Crippen LogP contribution >= 0.6 is 0 Å². The zero-order valence-corrected chi connectivity index (χ0v) is 25.8. The molecule has 0 aliphatic heterocycles. The van der Waals surface area contributed by atoms with Crippen LogP contribution in [-0.2, 0) is 0 Å². The van der Waals surface area contributed by atoms with Crippen LogP contribution in [-0.4, -0.2) is 9.13 Å². The molecule has 0 radical (unpaired) electrons. The van der Waals surface area contributed by atoms with E-state index >= 15 is 0 Å². The van der Waals surface area contributed by atoms with Crippen molar-refractivity contribution < 1.29 is 0 Å². The molecule has 0 aliphatic carbocycles. The summed E-state index contributed by atoms with van der Waals surface area (Å²) in [6.45, 7) is 7.96. The molecule has 48 heavy (non-hydrogen) atoms. The number of nitriles is 1. The lowest BCUT2D eigenvalue weighted by Crippen LogP contribution is -1.99. The second-order valence-corrected chi connectivity index (χ2v) is 11.9. The van der Waals surface area contributed by atoms with Crippen LogP contribution in [0.5, 0.6) is 0 Å². The molecule has 2 aromatic heterocycles. The monoisotopic (exact) mass is 610 g/mol. The second kappa shape index (κ2) is 10.9. The van der Waals surface area contributed by atoms with E-state index in [0.29, 0.717) is 11.3 Å². The van der Waals surface area contributed by atoms with Gasteiger partial charge in [-0.1, -0.05) is 109 Å². The largest absolute Gasteiger partial charge is 0.310 e. The van der Waals surface area contributed by atoms with Crippen LogP contribution in [0, 0.1) is 17.9 Å². The van der Waals surface area contributed by atoms with Gasteiger partial charge in [0.25, 0.3) is 0 Å². The quantitative estimate of drug-likeness (QED) is 0.183. The summed E-state index contributed by atoms with van der Waals surface area (Å²) in [5.41, 5.74) is 11.0. The van der Waals surface area contributed by atoms with Crippen molar-refractivity contribution in [3.8, 4) is 39.7 Å². The first-order valence-corrected chi connectivity index (χ1v) is 15.9. The van der Waals surface area contributed by atoms with Crippen molar-refractivity contribution in [3.05, 3.63) is 175 Å². The summed E-state index contributed by atoms with van der Waals surface area (Å²) in [6.07, 6.45) is 0. The van der Waals surface area contributed by atoms with E-state index < -0.39 is 0 Å². The molecule has 4 nitrogen and oxygen atoms in total. The van der Waals surface area contributed by atoms with Gasteiger partial charge in [-0.2, -0.15) is 5.26 Å². The maximum Gasteiger partial charge on any atom is 0.206 e. The molecule has 0 atom stereocenters. The maximum absolute atomic E-state index is 10.2. The first kappa shape index (κ1) is 27.4. The summed E-state index contributed by atoms with van der Waals surface area (Å²) in [4.78, 5) is 3.79. The average Bonchev–Trinajstić information content (AvgIpc) is 3.67. The number of fused-ring (bicyclic) bond motifs is 6. The Labute approximate surface area is 277 Å². The van der Waals surface area contributed by atoms with Gasteiger partial charge < -0.3 is 9.13 Å². The van der Waals surface area contributed by atoms with Crippen molar-refractivity contribution in [1.82, 2.24) is 9.13 Å². The van der Waals surface area contributed by atoms with Gasteiger partial charge in [-0.05, 0) is 65.2 Å². The summed E-state index contributed by atoms with van der Waals surface area (Å²) in [7, 11) is 0. The normalized spacial score (nSPS) is 11.3. The number of hydrogen-bond donors (Lipinski definition) is 0. The molecule has 0 unspecified atom stereocenters. The minimum absolute atomic E-state index is 0.337. The molecular weight excluding hydrogens is 585 g/mol. The van der Waals surface area contributed by atoms with E-state index in [4.69, 9.17) is 6.57 Å². The molecule has 0 fully saturated rings. The highest BCUT2D eigenvalue weighted by Gasteiger charge is 2.20. The zero-order chi connectivity index (χ0) is 32.2. The summed E-state index contributed by atoms with van der Waals surface area (Å²) in [5.74, 6) is 0. The van der Waals surface area contributed by atoms with E-state index in [-0.39, 0.29) is 0 Å². The minimum Gasteiger partial charge on any atom is -0.310 e. The highest BCUT2D eigenvalue weighted by atomic mass is 15.0. The Kier molecular flexibility index (Phi) is 6.22. The van der Waals surface area contributed by atoms with Gasteiger partial charge in [0.15, 0.2) is 0 Å². The van der Waals surface area contributed by atoms with Crippen molar-refractivity contribution >= 4 is 49.3 Å². The van der Waals surface area contributed by atoms with Gasteiger partial charge in [0.05, 0.1) is 40.3 Å². The van der Waals surface area contributed by atoms with Gasteiger partial charge >= 0.3 is 0 Å². The first-order chi connectivity index (χ1) is 23.7. The van der Waals surface area contributed by atoms with Crippen molar-refractivity contribution in [2.24, 2.45) is 0 Å². The van der Waals surface area contributed by atoms with E-state index in [1.165, 1.54) is 10.8 Å². The number of aromatic nitrogens is 2. The first-order valence-electron chi connectivity index (χ1n) is 15.9. The number of para-hydroxylation sites is 4. The van der Waals surface area contributed by atoms with Gasteiger partial charge in [-0.3, -0.25) is 0 Å². The van der Waals surface area contributed by atoms with E-state index in [2.05, 4.69) is 147 Å². The van der Waals surface area contributed by atoms with Crippen LogP contribution in [0.15, 0.2) is 158 Å². The lowest BCUT2D eigenvalue weighted by atomic mass is 9.91. The predicted octanol–water partition coefficient (Wildman–Crippen LogP) is 11.6. The third-order valence-electron chi connectivity index (χ3n) is 9.39. The van der Waals surface area contributed by atoms with Crippen LogP contribution in [0.4, 0.5) is 5.69 Å². The molecule has 4 heteroatoms. The summed E-state index contributed by atoms with van der Waals surface area (Å²) < 4.78 is 4.57. The van der Waals surface area contributed by atoms with E-state index in [9.17, 15) is 5.26 Å². The lowest BCUT2D eigenvalue weighted by Gasteiger charge is -2.19. The van der Waals surface area contributed by atoms with Crippen LogP contribution in [0.3, 0.4) is 0 Å². The standard InChI is InChI=1S/C44H26N4/c1-46-39-27-44(48-42-23-10-6-19-36(42)37-20-7-11-24-43(37)48)38(26-30(39)28-45)33-16-3-2-15-32(33)29-13-12-14-31(25-29)47-40-21-8-4-17-34(40)35-18-5-9-22-41(35)47/h2-27H. The number of benzene rings is 7. The fraction of sp³-hybridized carbons (Fsp3) is 0. The smallest absolute Gasteiger partial charge is 0.206 e. The van der Waals surface area contributed by atoms with Gasteiger partial charge in [0.1, 0.15) is 0 Å². The van der Waals surface area contributed by atoms with Crippen LogP contribution in [0.1, 0.15) is 5.56 Å². The van der Waals surface area contributed by atoms with Crippen molar-refractivity contribution in [2.75, 3.05) is 0 Å². The van der Waals surface area contributed by atoms with Crippen molar-refractivity contribution in [3.63, 3.8) is 0 Å².